The maximum absolute atomic E-state index is 10.6. The summed E-state index contributed by atoms with van der Waals surface area (Å²) in [7, 11) is 0. The molecule has 4 heteroatoms. The Balaban J connectivity index is 2.56. The van der Waals surface area contributed by atoms with E-state index >= 15 is 0 Å². The maximum atomic E-state index is 10.6. The minimum atomic E-state index is -0.0395. The van der Waals surface area contributed by atoms with Gasteiger partial charge in [0, 0.05) is 29.9 Å². The van der Waals surface area contributed by atoms with E-state index in [2.05, 4.69) is 33.1 Å². The molecule has 0 aromatic heterocycles. The molecule has 0 saturated heterocycles. The van der Waals surface area contributed by atoms with Gasteiger partial charge in [-0.05, 0) is 18.2 Å². The van der Waals surface area contributed by atoms with Crippen molar-refractivity contribution in [3.8, 4) is 11.8 Å². The van der Waals surface area contributed by atoms with Gasteiger partial charge in [0.25, 0.3) is 0 Å². The van der Waals surface area contributed by atoms with Crippen molar-refractivity contribution in [2.24, 2.45) is 0 Å². The van der Waals surface area contributed by atoms with Crippen molar-refractivity contribution < 1.29 is 4.79 Å². The lowest BCUT2D eigenvalue weighted by Gasteiger charge is -1.97. The average molecular weight is 301 g/mol. The molecule has 84 valence electrons. The number of halogens is 2. The lowest BCUT2D eigenvalue weighted by molar-refractivity contribution is -0.118. The minimum absolute atomic E-state index is 0.0395. The fourth-order valence-electron chi connectivity index (χ4n) is 1.05. The normalized spacial score (nSPS) is 9.19. The van der Waals surface area contributed by atoms with Gasteiger partial charge < -0.3 is 5.32 Å². The molecule has 1 aromatic carbocycles. The third kappa shape index (κ3) is 4.69. The van der Waals surface area contributed by atoms with Crippen molar-refractivity contribution in [1.82, 2.24) is 5.32 Å². The standard InChI is InChI=1S/C12H11BrClNO/c1-9(16)15-7-3-2-4-10-8-11(13)5-6-12(10)14/h5-6,8H,3,7H2,1H3,(H,15,16). The fourth-order valence-corrected chi connectivity index (χ4v) is 1.58. The highest BCUT2D eigenvalue weighted by atomic mass is 79.9. The Morgan fingerprint density at radius 2 is 2.31 bits per heavy atom. The van der Waals surface area contributed by atoms with E-state index in [9.17, 15) is 4.79 Å². The Morgan fingerprint density at radius 3 is 3.00 bits per heavy atom. The molecular weight excluding hydrogens is 289 g/mol. The van der Waals surface area contributed by atoms with Crippen molar-refractivity contribution in [3.05, 3.63) is 33.3 Å². The van der Waals surface area contributed by atoms with Gasteiger partial charge in [-0.1, -0.05) is 39.4 Å². The van der Waals surface area contributed by atoms with Gasteiger partial charge in [0.2, 0.25) is 5.91 Å². The number of nitrogens with one attached hydrogen (secondary N) is 1. The Morgan fingerprint density at radius 1 is 1.56 bits per heavy atom. The van der Waals surface area contributed by atoms with Crippen LogP contribution in [0.25, 0.3) is 0 Å². The highest BCUT2D eigenvalue weighted by Crippen LogP contribution is 2.19. The lowest BCUT2D eigenvalue weighted by atomic mass is 10.2. The summed E-state index contributed by atoms with van der Waals surface area (Å²) < 4.78 is 0.947. The smallest absolute Gasteiger partial charge is 0.216 e. The lowest BCUT2D eigenvalue weighted by Crippen LogP contribution is -2.20. The van der Waals surface area contributed by atoms with Crippen molar-refractivity contribution in [2.45, 2.75) is 13.3 Å². The summed E-state index contributed by atoms with van der Waals surface area (Å²) in [6.07, 6.45) is 0.614. The Labute approximate surface area is 109 Å². The molecule has 0 saturated carbocycles. The first-order chi connectivity index (χ1) is 7.59. The van der Waals surface area contributed by atoms with Crippen LogP contribution in [0.4, 0.5) is 0 Å². The molecular formula is C12H11BrClNO. The second-order valence-electron chi connectivity index (χ2n) is 3.16. The molecule has 0 atom stereocenters. The van der Waals surface area contributed by atoms with Gasteiger partial charge in [-0.2, -0.15) is 0 Å². The Bertz CT molecular complexity index is 448. The predicted molar refractivity (Wildman–Crippen MR) is 69.3 cm³/mol. The van der Waals surface area contributed by atoms with Crippen molar-refractivity contribution in [2.75, 3.05) is 6.54 Å². The van der Waals surface area contributed by atoms with Crippen molar-refractivity contribution >= 4 is 33.4 Å². The minimum Gasteiger partial charge on any atom is -0.355 e. The number of amides is 1. The van der Waals surface area contributed by atoms with Gasteiger partial charge in [-0.15, -0.1) is 0 Å². The van der Waals surface area contributed by atoms with E-state index in [-0.39, 0.29) is 5.91 Å². The molecule has 2 nitrogen and oxygen atoms in total. The molecule has 1 rings (SSSR count). The van der Waals surface area contributed by atoms with Crippen LogP contribution < -0.4 is 5.32 Å². The molecule has 0 aliphatic heterocycles. The van der Waals surface area contributed by atoms with E-state index < -0.39 is 0 Å². The summed E-state index contributed by atoms with van der Waals surface area (Å²) in [4.78, 5) is 10.6. The molecule has 0 radical (unpaired) electrons. The zero-order valence-corrected chi connectivity index (χ0v) is 11.2. The molecule has 1 amide bonds. The second-order valence-corrected chi connectivity index (χ2v) is 4.48. The molecule has 0 aliphatic rings. The Kier molecular flexibility index (Phi) is 5.37. The van der Waals surface area contributed by atoms with Crippen LogP contribution >= 0.6 is 27.5 Å². The maximum Gasteiger partial charge on any atom is 0.216 e. The number of hydrogen-bond donors (Lipinski definition) is 1. The highest BCUT2D eigenvalue weighted by molar-refractivity contribution is 9.10. The molecule has 1 N–H and O–H groups in total. The molecule has 0 bridgehead atoms. The third-order valence-corrected chi connectivity index (χ3v) is 2.60. The molecule has 0 spiro atoms. The van der Waals surface area contributed by atoms with Gasteiger partial charge in [-0.3, -0.25) is 4.79 Å². The van der Waals surface area contributed by atoms with Crippen LogP contribution in [-0.4, -0.2) is 12.5 Å². The number of hydrogen-bond acceptors (Lipinski definition) is 1. The van der Waals surface area contributed by atoms with E-state index in [1.165, 1.54) is 6.92 Å². The van der Waals surface area contributed by atoms with E-state index in [4.69, 9.17) is 11.6 Å². The first-order valence-corrected chi connectivity index (χ1v) is 5.95. The first-order valence-electron chi connectivity index (χ1n) is 4.78. The summed E-state index contributed by atoms with van der Waals surface area (Å²) in [6, 6.07) is 5.53. The summed E-state index contributed by atoms with van der Waals surface area (Å²) >= 11 is 9.32. The van der Waals surface area contributed by atoms with Crippen LogP contribution in [0.15, 0.2) is 22.7 Å². The average Bonchev–Trinajstić information content (AvgIpc) is 2.22. The van der Waals surface area contributed by atoms with E-state index in [0.717, 1.165) is 10.0 Å². The van der Waals surface area contributed by atoms with E-state index in [0.29, 0.717) is 18.0 Å². The van der Waals surface area contributed by atoms with Crippen LogP contribution in [0, 0.1) is 11.8 Å². The SMILES string of the molecule is CC(=O)NCCC#Cc1cc(Br)ccc1Cl. The first kappa shape index (κ1) is 13.1. The van der Waals surface area contributed by atoms with Crippen molar-refractivity contribution in [3.63, 3.8) is 0 Å². The predicted octanol–water partition coefficient (Wildman–Crippen LogP) is 2.98. The van der Waals surface area contributed by atoms with Crippen molar-refractivity contribution in [1.29, 1.82) is 0 Å². The quantitative estimate of drug-likeness (QED) is 0.660. The molecule has 0 heterocycles. The van der Waals surface area contributed by atoms with E-state index in [1.54, 1.807) is 6.07 Å². The monoisotopic (exact) mass is 299 g/mol. The molecule has 16 heavy (non-hydrogen) atoms. The number of benzene rings is 1. The van der Waals surface area contributed by atoms with Crippen LogP contribution in [0.1, 0.15) is 18.9 Å². The van der Waals surface area contributed by atoms with Crippen LogP contribution in [0.3, 0.4) is 0 Å². The van der Waals surface area contributed by atoms with Gasteiger partial charge in [0.05, 0.1) is 5.02 Å². The van der Waals surface area contributed by atoms with E-state index in [1.807, 2.05) is 12.1 Å². The number of rotatable bonds is 2. The fraction of sp³-hybridized carbons (Fsp3) is 0.250. The molecule has 0 fully saturated rings. The molecule has 0 unspecified atom stereocenters. The van der Waals surface area contributed by atoms with Gasteiger partial charge in [-0.25, -0.2) is 0 Å². The van der Waals surface area contributed by atoms with Crippen LogP contribution in [0.5, 0.6) is 0 Å². The number of carbonyl (C=O) groups excluding carboxylic acids is 1. The second kappa shape index (κ2) is 6.57. The summed E-state index contributed by atoms with van der Waals surface area (Å²) in [5.74, 6) is 5.88. The highest BCUT2D eigenvalue weighted by Gasteiger charge is 1.96. The van der Waals surface area contributed by atoms with Gasteiger partial charge >= 0.3 is 0 Å². The summed E-state index contributed by atoms with van der Waals surface area (Å²) in [6.45, 7) is 2.05. The zero-order valence-electron chi connectivity index (χ0n) is 8.81. The summed E-state index contributed by atoms with van der Waals surface area (Å²) in [5.41, 5.74) is 0.791. The van der Waals surface area contributed by atoms with Gasteiger partial charge in [0.15, 0.2) is 0 Å². The summed E-state index contributed by atoms with van der Waals surface area (Å²) in [5, 5.41) is 3.31. The number of carbonyl (C=O) groups is 1. The largest absolute Gasteiger partial charge is 0.355 e. The Hall–Kier alpha value is -0.980. The molecule has 0 aliphatic carbocycles. The van der Waals surface area contributed by atoms with Crippen LogP contribution in [0.2, 0.25) is 5.02 Å². The van der Waals surface area contributed by atoms with Crippen LogP contribution in [-0.2, 0) is 4.79 Å². The van der Waals surface area contributed by atoms with Gasteiger partial charge in [0.1, 0.15) is 0 Å². The zero-order chi connectivity index (χ0) is 12.0. The topological polar surface area (TPSA) is 29.1 Å². The third-order valence-electron chi connectivity index (χ3n) is 1.78. The molecule has 1 aromatic rings.